The van der Waals surface area contributed by atoms with Gasteiger partial charge in [-0.05, 0) is 17.0 Å². The molecule has 2 rings (SSSR count). The quantitative estimate of drug-likeness (QED) is 0.540. The van der Waals surface area contributed by atoms with E-state index < -0.39 is 0 Å². The number of nitrogens with one attached hydrogen (secondary N) is 1. The maximum Gasteiger partial charge on any atom is 0.323 e. The van der Waals surface area contributed by atoms with Crippen LogP contribution in [0, 0.1) is 5.92 Å². The molecule has 0 saturated carbocycles. The molecule has 2 aromatic rings. The average molecular weight is 337 g/mol. The molecule has 0 heterocycles. The van der Waals surface area contributed by atoms with Crippen molar-refractivity contribution < 1.29 is 9.53 Å². The van der Waals surface area contributed by atoms with Gasteiger partial charge in [-0.1, -0.05) is 93.6 Å². The molecule has 2 atom stereocenters. The van der Waals surface area contributed by atoms with Crippen LogP contribution in [0.1, 0.15) is 37.4 Å². The molecule has 0 radical (unpaired) electrons. The Labute approximate surface area is 150 Å². The van der Waals surface area contributed by atoms with E-state index >= 15 is 0 Å². The van der Waals surface area contributed by atoms with E-state index in [1.807, 2.05) is 36.4 Å². The summed E-state index contributed by atoms with van der Waals surface area (Å²) >= 11 is 0. The lowest BCUT2D eigenvalue weighted by Crippen LogP contribution is -2.45. The normalized spacial score (nSPS) is 13.2. The third-order valence-corrected chi connectivity index (χ3v) is 4.42. The second-order valence-corrected chi connectivity index (χ2v) is 6.20. The van der Waals surface area contributed by atoms with Crippen LogP contribution in [-0.4, -0.2) is 18.6 Å². The third kappa shape index (κ3) is 5.30. The molecule has 0 bridgehead atoms. The van der Waals surface area contributed by atoms with Gasteiger partial charge in [-0.3, -0.25) is 10.1 Å². The lowest BCUT2D eigenvalue weighted by molar-refractivity contribution is -0.146. The second-order valence-electron chi connectivity index (χ2n) is 6.20. The Kier molecular flexibility index (Phi) is 7.42. The molecular weight excluding hydrogens is 310 g/mol. The van der Waals surface area contributed by atoms with Crippen molar-refractivity contribution >= 4 is 5.97 Å². The zero-order valence-corrected chi connectivity index (χ0v) is 15.0. The summed E-state index contributed by atoms with van der Waals surface area (Å²) in [6.45, 7) is 8.00. The Morgan fingerprint density at radius 3 is 2.04 bits per heavy atom. The molecule has 0 aliphatic rings. The molecule has 3 heteroatoms. The van der Waals surface area contributed by atoms with Crippen molar-refractivity contribution in [2.45, 2.75) is 32.4 Å². The number of carbonyl (C=O) groups excluding carboxylic acids is 1. The van der Waals surface area contributed by atoms with Crippen molar-refractivity contribution in [2.75, 3.05) is 6.61 Å². The van der Waals surface area contributed by atoms with Crippen LogP contribution in [0.4, 0.5) is 0 Å². The maximum atomic E-state index is 12.6. The summed E-state index contributed by atoms with van der Waals surface area (Å²) in [4.78, 5) is 12.6. The maximum absolute atomic E-state index is 12.6. The van der Waals surface area contributed by atoms with Gasteiger partial charge in [-0.25, -0.2) is 0 Å². The van der Waals surface area contributed by atoms with Crippen molar-refractivity contribution in [2.24, 2.45) is 5.92 Å². The summed E-state index contributed by atoms with van der Waals surface area (Å²) < 4.78 is 5.33. The summed E-state index contributed by atoms with van der Waals surface area (Å²) in [6.07, 6.45) is 2.48. The van der Waals surface area contributed by atoms with E-state index in [1.54, 1.807) is 6.08 Å². The third-order valence-electron chi connectivity index (χ3n) is 4.42. The van der Waals surface area contributed by atoms with Gasteiger partial charge in [0.1, 0.15) is 12.6 Å². The SMILES string of the molecule is C=CCOC(=O)[C@@H](NC(c1ccccc1)c1ccccc1)[C@@H](C)CC. The standard InChI is InChI=1S/C22H27NO2/c1-4-16-25-22(24)20(17(3)5-2)23-21(18-12-8-6-9-13-18)19-14-10-7-11-15-19/h4,6-15,17,20-21,23H,1,5,16H2,2-3H3/t17-,20-/m0/s1. The lowest BCUT2D eigenvalue weighted by atomic mass is 9.93. The number of hydrogen-bond donors (Lipinski definition) is 1. The lowest BCUT2D eigenvalue weighted by Gasteiger charge is -2.29. The van der Waals surface area contributed by atoms with Crippen LogP contribution in [0.5, 0.6) is 0 Å². The van der Waals surface area contributed by atoms with Crippen LogP contribution in [0.15, 0.2) is 73.3 Å². The molecule has 132 valence electrons. The first kappa shape index (κ1) is 18.9. The highest BCUT2D eigenvalue weighted by molar-refractivity contribution is 5.76. The van der Waals surface area contributed by atoms with Gasteiger partial charge in [0.05, 0.1) is 6.04 Å². The minimum absolute atomic E-state index is 0.0716. The fraction of sp³-hybridized carbons (Fsp3) is 0.318. The molecule has 0 spiro atoms. The van der Waals surface area contributed by atoms with Gasteiger partial charge < -0.3 is 4.74 Å². The van der Waals surface area contributed by atoms with Gasteiger partial charge in [0, 0.05) is 0 Å². The number of benzene rings is 2. The van der Waals surface area contributed by atoms with Crippen LogP contribution in [-0.2, 0) is 9.53 Å². The summed E-state index contributed by atoms with van der Waals surface area (Å²) in [6, 6.07) is 19.9. The molecular formula is C22H27NO2. The number of esters is 1. The Morgan fingerprint density at radius 1 is 1.08 bits per heavy atom. The van der Waals surface area contributed by atoms with Crippen LogP contribution in [0.2, 0.25) is 0 Å². The van der Waals surface area contributed by atoms with E-state index in [0.717, 1.165) is 17.5 Å². The number of rotatable bonds is 9. The molecule has 0 fully saturated rings. The first-order valence-corrected chi connectivity index (χ1v) is 8.80. The first-order chi connectivity index (χ1) is 12.2. The molecule has 0 unspecified atom stereocenters. The van der Waals surface area contributed by atoms with Crippen LogP contribution in [0.25, 0.3) is 0 Å². The Balaban J connectivity index is 2.32. The van der Waals surface area contributed by atoms with Gasteiger partial charge in [0.2, 0.25) is 0 Å². The summed E-state index contributed by atoms with van der Waals surface area (Å²) in [5.74, 6) is -0.0710. The fourth-order valence-corrected chi connectivity index (χ4v) is 2.79. The smallest absolute Gasteiger partial charge is 0.323 e. The van der Waals surface area contributed by atoms with Gasteiger partial charge >= 0.3 is 5.97 Å². The molecule has 1 N–H and O–H groups in total. The number of carbonyl (C=O) groups is 1. The van der Waals surface area contributed by atoms with Gasteiger partial charge in [0.15, 0.2) is 0 Å². The van der Waals surface area contributed by atoms with E-state index in [4.69, 9.17) is 4.74 Å². The largest absolute Gasteiger partial charge is 0.460 e. The molecule has 2 aromatic carbocycles. The number of hydrogen-bond acceptors (Lipinski definition) is 3. The highest BCUT2D eigenvalue weighted by atomic mass is 16.5. The van der Waals surface area contributed by atoms with E-state index in [-0.39, 0.29) is 30.6 Å². The molecule has 0 aromatic heterocycles. The summed E-state index contributed by atoms with van der Waals surface area (Å²) in [5, 5.41) is 3.54. The summed E-state index contributed by atoms with van der Waals surface area (Å²) in [5.41, 5.74) is 2.25. The van der Waals surface area contributed by atoms with Crippen molar-refractivity contribution in [1.29, 1.82) is 0 Å². The Bertz CT molecular complexity index is 615. The van der Waals surface area contributed by atoms with Gasteiger partial charge in [0.25, 0.3) is 0 Å². The van der Waals surface area contributed by atoms with E-state index in [0.29, 0.717) is 0 Å². The highest BCUT2D eigenvalue weighted by Crippen LogP contribution is 2.24. The zero-order valence-electron chi connectivity index (χ0n) is 15.0. The van der Waals surface area contributed by atoms with Gasteiger partial charge in [-0.15, -0.1) is 0 Å². The molecule has 25 heavy (non-hydrogen) atoms. The minimum Gasteiger partial charge on any atom is -0.460 e. The van der Waals surface area contributed by atoms with E-state index in [1.165, 1.54) is 0 Å². The average Bonchev–Trinajstić information content (AvgIpc) is 2.67. The second kappa shape index (κ2) is 9.80. The van der Waals surface area contributed by atoms with Crippen LogP contribution >= 0.6 is 0 Å². The zero-order chi connectivity index (χ0) is 18.1. The van der Waals surface area contributed by atoms with E-state index in [2.05, 4.69) is 50.0 Å². The highest BCUT2D eigenvalue weighted by Gasteiger charge is 2.29. The minimum atomic E-state index is -0.379. The van der Waals surface area contributed by atoms with Crippen LogP contribution in [0.3, 0.4) is 0 Å². The number of ether oxygens (including phenoxy) is 1. The van der Waals surface area contributed by atoms with Gasteiger partial charge in [-0.2, -0.15) is 0 Å². The van der Waals surface area contributed by atoms with Crippen molar-refractivity contribution in [3.05, 3.63) is 84.4 Å². The molecule has 0 aliphatic heterocycles. The molecule has 3 nitrogen and oxygen atoms in total. The fourth-order valence-electron chi connectivity index (χ4n) is 2.79. The topological polar surface area (TPSA) is 38.3 Å². The molecule has 0 saturated heterocycles. The van der Waals surface area contributed by atoms with Crippen molar-refractivity contribution in [3.8, 4) is 0 Å². The Hall–Kier alpha value is -2.39. The van der Waals surface area contributed by atoms with E-state index in [9.17, 15) is 4.79 Å². The predicted molar refractivity (Wildman–Crippen MR) is 102 cm³/mol. The van der Waals surface area contributed by atoms with Crippen molar-refractivity contribution in [3.63, 3.8) is 0 Å². The van der Waals surface area contributed by atoms with Crippen molar-refractivity contribution in [1.82, 2.24) is 5.32 Å². The first-order valence-electron chi connectivity index (χ1n) is 8.80. The predicted octanol–water partition coefficient (Wildman–Crippen LogP) is 4.51. The Morgan fingerprint density at radius 2 is 1.60 bits per heavy atom. The molecule has 0 aliphatic carbocycles. The van der Waals surface area contributed by atoms with Crippen LogP contribution < -0.4 is 5.32 Å². The summed E-state index contributed by atoms with van der Waals surface area (Å²) in [7, 11) is 0. The molecule has 0 amide bonds. The monoisotopic (exact) mass is 337 g/mol.